The van der Waals surface area contributed by atoms with Crippen molar-refractivity contribution in [1.29, 1.82) is 0 Å². The van der Waals surface area contributed by atoms with E-state index in [2.05, 4.69) is 10.1 Å². The number of carbonyl (C=O) groups is 1. The minimum Gasteiger partial charge on any atom is -0.477 e. The molecule has 30 heavy (non-hydrogen) atoms. The molecule has 0 amide bonds. The molecule has 0 aliphatic rings. The Bertz CT molecular complexity index is 1270. The average molecular weight is 446 g/mol. The minimum absolute atomic E-state index is 0.0234. The molecule has 0 spiro atoms. The molecule has 3 aromatic heterocycles. The summed E-state index contributed by atoms with van der Waals surface area (Å²) >= 11 is 7.21. The zero-order valence-electron chi connectivity index (χ0n) is 15.8. The number of anilines is 1. The number of pyridine rings is 1. The predicted octanol–water partition coefficient (Wildman–Crippen LogP) is 4.86. The molecule has 1 aromatic carbocycles. The highest BCUT2D eigenvalue weighted by Crippen LogP contribution is 2.43. The monoisotopic (exact) mass is 445 g/mol. The normalized spacial score (nSPS) is 11.3. The van der Waals surface area contributed by atoms with Gasteiger partial charge in [-0.3, -0.25) is 9.25 Å². The molecule has 0 unspecified atom stereocenters. The molecule has 3 heterocycles. The van der Waals surface area contributed by atoms with Gasteiger partial charge in [0, 0.05) is 18.1 Å². The highest BCUT2D eigenvalue weighted by Gasteiger charge is 2.23. The van der Waals surface area contributed by atoms with Crippen molar-refractivity contribution in [2.45, 2.75) is 29.8 Å². The van der Waals surface area contributed by atoms with E-state index < -0.39 is 11.8 Å². The summed E-state index contributed by atoms with van der Waals surface area (Å²) < 4.78 is 18.4. The molecule has 0 aliphatic heterocycles. The van der Waals surface area contributed by atoms with Gasteiger partial charge in [0.1, 0.15) is 16.5 Å². The third kappa shape index (κ3) is 3.50. The summed E-state index contributed by atoms with van der Waals surface area (Å²) in [6.45, 7) is 2.75. The maximum atomic E-state index is 15.1. The van der Waals surface area contributed by atoms with Crippen LogP contribution in [0, 0.1) is 5.82 Å². The highest BCUT2D eigenvalue weighted by atomic mass is 35.5. The maximum absolute atomic E-state index is 15.1. The number of nitrogens with two attached hydrogens (primary N) is 1. The topological polar surface area (TPSA) is 99.0 Å². The van der Waals surface area contributed by atoms with Crippen LogP contribution >= 0.6 is 23.4 Å². The van der Waals surface area contributed by atoms with E-state index >= 15 is 4.39 Å². The zero-order valence-corrected chi connectivity index (χ0v) is 17.4. The molecule has 7 nitrogen and oxygen atoms in total. The van der Waals surface area contributed by atoms with E-state index in [0.29, 0.717) is 21.0 Å². The Labute approximate surface area is 180 Å². The van der Waals surface area contributed by atoms with Gasteiger partial charge in [-0.25, -0.2) is 14.2 Å². The van der Waals surface area contributed by atoms with Crippen LogP contribution in [-0.4, -0.2) is 30.4 Å². The van der Waals surface area contributed by atoms with Gasteiger partial charge in [-0.15, -0.1) is 0 Å². The molecular weight excluding hydrogens is 429 g/mol. The lowest BCUT2D eigenvalue weighted by Gasteiger charge is -2.06. The van der Waals surface area contributed by atoms with Crippen LogP contribution in [0.2, 0.25) is 5.02 Å². The van der Waals surface area contributed by atoms with E-state index in [9.17, 15) is 9.90 Å². The number of nitrogen functional groups attached to an aromatic ring is 1. The molecule has 3 N–H and O–H groups in total. The summed E-state index contributed by atoms with van der Waals surface area (Å²) in [4.78, 5) is 15.9. The van der Waals surface area contributed by atoms with Gasteiger partial charge in [-0.05, 0) is 30.7 Å². The smallest absolute Gasteiger partial charge is 0.354 e. The highest BCUT2D eigenvalue weighted by molar-refractivity contribution is 7.99. The Morgan fingerprint density at radius 1 is 1.33 bits per heavy atom. The van der Waals surface area contributed by atoms with E-state index in [0.717, 1.165) is 13.0 Å². The van der Waals surface area contributed by atoms with E-state index in [1.54, 1.807) is 39.8 Å². The zero-order chi connectivity index (χ0) is 21.4. The summed E-state index contributed by atoms with van der Waals surface area (Å²) in [5, 5.41) is 14.5. The molecule has 0 fully saturated rings. The predicted molar refractivity (Wildman–Crippen MR) is 114 cm³/mol. The molecule has 0 saturated carbocycles. The summed E-state index contributed by atoms with van der Waals surface area (Å²) in [6, 6.07) is 7.83. The number of fused-ring (bicyclic) bond motifs is 1. The Morgan fingerprint density at radius 2 is 2.13 bits per heavy atom. The second-order valence-electron chi connectivity index (χ2n) is 6.54. The van der Waals surface area contributed by atoms with Gasteiger partial charge in [0.15, 0.2) is 5.82 Å². The lowest BCUT2D eigenvalue weighted by Crippen LogP contribution is -2.02. The first-order chi connectivity index (χ1) is 14.4. The van der Waals surface area contributed by atoms with Crippen molar-refractivity contribution in [2.75, 3.05) is 5.73 Å². The third-order valence-electron chi connectivity index (χ3n) is 4.49. The second kappa shape index (κ2) is 8.00. The number of hydrogen-bond donors (Lipinski definition) is 2. The standard InChI is InChI=1S/C20H17ClFN5O2S/c1-2-8-26-10-11(9-24-26)27-17-12(6-7-13(21)16(17)22)18(19(27)23)30-15-5-3-4-14(25-15)20(28)29/h3-7,9-10H,2,8,23H2,1H3,(H,28,29). The molecule has 0 aliphatic carbocycles. The second-order valence-corrected chi connectivity index (χ2v) is 7.98. The van der Waals surface area contributed by atoms with Crippen molar-refractivity contribution in [1.82, 2.24) is 19.3 Å². The number of rotatable bonds is 6. The molecular formula is C20H17ClFN5O2S. The number of carboxylic acids is 1. The average Bonchev–Trinajstić information content (AvgIpc) is 3.28. The summed E-state index contributed by atoms with van der Waals surface area (Å²) in [6.07, 6.45) is 4.30. The lowest BCUT2D eigenvalue weighted by molar-refractivity contribution is 0.0689. The van der Waals surface area contributed by atoms with E-state index in [4.69, 9.17) is 17.3 Å². The van der Waals surface area contributed by atoms with Crippen LogP contribution in [0.25, 0.3) is 16.6 Å². The van der Waals surface area contributed by atoms with Gasteiger partial charge in [0.2, 0.25) is 0 Å². The molecule has 0 atom stereocenters. The Morgan fingerprint density at radius 3 is 2.87 bits per heavy atom. The molecule has 0 radical (unpaired) electrons. The third-order valence-corrected chi connectivity index (χ3v) is 5.85. The van der Waals surface area contributed by atoms with Crippen LogP contribution in [-0.2, 0) is 6.54 Å². The summed E-state index contributed by atoms with van der Waals surface area (Å²) in [5.41, 5.74) is 7.19. The lowest BCUT2D eigenvalue weighted by atomic mass is 10.2. The number of hydrogen-bond acceptors (Lipinski definition) is 5. The summed E-state index contributed by atoms with van der Waals surface area (Å²) in [7, 11) is 0. The first-order valence-electron chi connectivity index (χ1n) is 9.09. The molecule has 4 rings (SSSR count). The molecule has 154 valence electrons. The van der Waals surface area contributed by atoms with Crippen LogP contribution in [0.15, 0.2) is 52.6 Å². The number of carboxylic acid groups (broad SMARTS) is 1. The Kier molecular flexibility index (Phi) is 5.40. The fourth-order valence-corrected chi connectivity index (χ4v) is 4.31. The number of aryl methyl sites for hydroxylation is 1. The van der Waals surface area contributed by atoms with Crippen LogP contribution < -0.4 is 5.73 Å². The van der Waals surface area contributed by atoms with Gasteiger partial charge >= 0.3 is 5.97 Å². The van der Waals surface area contributed by atoms with Crippen LogP contribution in [0.3, 0.4) is 0 Å². The Hall–Kier alpha value is -3.04. The maximum Gasteiger partial charge on any atom is 0.354 e. The van der Waals surface area contributed by atoms with Crippen molar-refractivity contribution in [3.05, 3.63) is 59.3 Å². The van der Waals surface area contributed by atoms with Crippen LogP contribution in [0.4, 0.5) is 10.2 Å². The van der Waals surface area contributed by atoms with Crippen LogP contribution in [0.5, 0.6) is 0 Å². The van der Waals surface area contributed by atoms with Crippen molar-refractivity contribution in [3.8, 4) is 5.69 Å². The number of halogens is 2. The Balaban J connectivity index is 1.90. The molecule has 4 aromatic rings. The van der Waals surface area contributed by atoms with Gasteiger partial charge in [0.05, 0.1) is 27.3 Å². The fraction of sp³-hybridized carbons (Fsp3) is 0.150. The molecule has 0 bridgehead atoms. The van der Waals surface area contributed by atoms with Crippen molar-refractivity contribution in [2.24, 2.45) is 0 Å². The van der Waals surface area contributed by atoms with Gasteiger partial charge < -0.3 is 10.8 Å². The first kappa shape index (κ1) is 20.2. The quantitative estimate of drug-likeness (QED) is 0.440. The van der Waals surface area contributed by atoms with Gasteiger partial charge in [-0.2, -0.15) is 5.10 Å². The van der Waals surface area contributed by atoms with Crippen molar-refractivity contribution >= 4 is 46.1 Å². The van der Waals surface area contributed by atoms with E-state index in [-0.39, 0.29) is 22.1 Å². The number of aromatic nitrogens is 4. The van der Waals surface area contributed by atoms with Crippen molar-refractivity contribution < 1.29 is 14.3 Å². The van der Waals surface area contributed by atoms with Gasteiger partial charge in [-0.1, -0.05) is 36.4 Å². The molecule has 0 saturated heterocycles. The molecule has 10 heteroatoms. The van der Waals surface area contributed by atoms with Gasteiger partial charge in [0.25, 0.3) is 0 Å². The summed E-state index contributed by atoms with van der Waals surface area (Å²) in [5.74, 6) is -1.44. The van der Waals surface area contributed by atoms with E-state index in [1.807, 2.05) is 6.92 Å². The SMILES string of the molecule is CCCn1cc(-n2c(N)c(Sc3cccc(C(=O)O)n3)c3ccc(Cl)c(F)c32)cn1. The number of benzene rings is 1. The van der Waals surface area contributed by atoms with Crippen molar-refractivity contribution in [3.63, 3.8) is 0 Å². The minimum atomic E-state index is -1.13. The first-order valence-corrected chi connectivity index (χ1v) is 10.3. The van der Waals surface area contributed by atoms with Crippen LogP contribution in [0.1, 0.15) is 23.8 Å². The number of nitrogens with zero attached hydrogens (tertiary/aromatic N) is 4. The number of aromatic carboxylic acids is 1. The fourth-order valence-electron chi connectivity index (χ4n) is 3.19. The largest absolute Gasteiger partial charge is 0.477 e. The van der Waals surface area contributed by atoms with E-state index in [1.165, 1.54) is 23.9 Å².